The van der Waals surface area contributed by atoms with Crippen LogP contribution in [0.15, 0.2) is 33.7 Å². The van der Waals surface area contributed by atoms with E-state index in [2.05, 4.69) is 15.9 Å². The summed E-state index contributed by atoms with van der Waals surface area (Å²) in [6.07, 6.45) is 1.28. The third kappa shape index (κ3) is 1.68. The van der Waals surface area contributed by atoms with Crippen LogP contribution in [0.25, 0.3) is 5.69 Å². The Kier molecular flexibility index (Phi) is 2.92. The van der Waals surface area contributed by atoms with Gasteiger partial charge in [-0.05, 0) is 22.0 Å². The van der Waals surface area contributed by atoms with E-state index in [1.807, 2.05) is 0 Å². The smallest absolute Gasteiger partial charge is 0.255 e. The molecular weight excluding hydrogens is 306 g/mol. The molecule has 4 N–H and O–H groups in total. The lowest BCUT2D eigenvalue weighted by atomic mass is 10.2. The summed E-state index contributed by atoms with van der Waals surface area (Å²) in [5, 5.41) is 38.6. The van der Waals surface area contributed by atoms with E-state index in [0.29, 0.717) is 0 Å². The number of nitrogens with zero attached hydrogens (tertiary/aromatic N) is 1. The van der Waals surface area contributed by atoms with Gasteiger partial charge in [0.1, 0.15) is 10.2 Å². The maximum atomic E-state index is 11.6. The molecule has 2 rings (SSSR count). The SMILES string of the molecule is O=c1ccccn1-c1c(O)c(O)c(Br)c(O)c1O. The third-order valence-electron chi connectivity index (χ3n) is 2.38. The van der Waals surface area contributed by atoms with Crippen molar-refractivity contribution in [3.8, 4) is 28.7 Å². The fraction of sp³-hybridized carbons (Fsp3) is 0. The Labute approximate surface area is 109 Å². The second-order valence-corrected chi connectivity index (χ2v) is 4.26. The number of hydrogen-bond donors (Lipinski definition) is 4. The summed E-state index contributed by atoms with van der Waals surface area (Å²) in [7, 11) is 0. The van der Waals surface area contributed by atoms with Crippen LogP contribution in [0.4, 0.5) is 0 Å². The lowest BCUT2D eigenvalue weighted by molar-refractivity contribution is 0.366. The molecule has 0 unspecified atom stereocenters. The highest BCUT2D eigenvalue weighted by atomic mass is 79.9. The standard InChI is InChI=1S/C11H8BrNO5/c12-6-8(15)10(17)7(11(18)9(6)16)13-4-2-1-3-5(13)14/h1-4,15-18H. The van der Waals surface area contributed by atoms with Crippen molar-refractivity contribution in [3.05, 3.63) is 39.2 Å². The topological polar surface area (TPSA) is 103 Å². The Morgan fingerprint density at radius 3 is 2.00 bits per heavy atom. The molecule has 0 aliphatic rings. The van der Waals surface area contributed by atoms with Gasteiger partial charge in [0.2, 0.25) is 0 Å². The van der Waals surface area contributed by atoms with Crippen molar-refractivity contribution in [2.75, 3.05) is 0 Å². The second-order valence-electron chi connectivity index (χ2n) is 3.47. The van der Waals surface area contributed by atoms with Gasteiger partial charge in [-0.25, -0.2) is 0 Å². The van der Waals surface area contributed by atoms with Crippen LogP contribution in [0.1, 0.15) is 0 Å². The zero-order valence-corrected chi connectivity index (χ0v) is 10.4. The van der Waals surface area contributed by atoms with Crippen molar-refractivity contribution in [1.29, 1.82) is 0 Å². The van der Waals surface area contributed by atoms with Gasteiger partial charge in [-0.3, -0.25) is 9.36 Å². The van der Waals surface area contributed by atoms with Gasteiger partial charge in [0.25, 0.3) is 5.56 Å². The average Bonchev–Trinajstić information content (AvgIpc) is 2.36. The van der Waals surface area contributed by atoms with Gasteiger partial charge in [0.05, 0.1) is 0 Å². The minimum atomic E-state index is -0.717. The molecule has 0 spiro atoms. The fourth-order valence-corrected chi connectivity index (χ4v) is 1.87. The first-order valence-corrected chi connectivity index (χ1v) is 5.57. The third-order valence-corrected chi connectivity index (χ3v) is 3.13. The van der Waals surface area contributed by atoms with E-state index in [1.54, 1.807) is 0 Å². The van der Waals surface area contributed by atoms with Gasteiger partial charge in [-0.15, -0.1) is 0 Å². The summed E-state index contributed by atoms with van der Waals surface area (Å²) in [6, 6.07) is 4.18. The number of phenolic OH excluding ortho intramolecular Hbond substituents is 4. The number of aromatic hydroxyl groups is 4. The second kappa shape index (κ2) is 4.26. The van der Waals surface area contributed by atoms with E-state index < -0.39 is 28.6 Å². The van der Waals surface area contributed by atoms with E-state index in [9.17, 15) is 25.2 Å². The minimum absolute atomic E-state index is 0.259. The molecule has 0 aliphatic heterocycles. The summed E-state index contributed by atoms with van der Waals surface area (Å²) in [5.74, 6) is -2.77. The molecule has 1 heterocycles. The van der Waals surface area contributed by atoms with Crippen molar-refractivity contribution < 1.29 is 20.4 Å². The number of phenols is 4. The number of rotatable bonds is 1. The van der Waals surface area contributed by atoms with Gasteiger partial charge in [0.15, 0.2) is 23.0 Å². The van der Waals surface area contributed by atoms with Crippen molar-refractivity contribution >= 4 is 15.9 Å². The van der Waals surface area contributed by atoms with Crippen molar-refractivity contribution in [2.45, 2.75) is 0 Å². The maximum Gasteiger partial charge on any atom is 0.255 e. The van der Waals surface area contributed by atoms with Crippen LogP contribution >= 0.6 is 15.9 Å². The number of pyridine rings is 1. The molecule has 0 atom stereocenters. The molecule has 94 valence electrons. The molecule has 0 saturated carbocycles. The van der Waals surface area contributed by atoms with Crippen molar-refractivity contribution in [3.63, 3.8) is 0 Å². The zero-order chi connectivity index (χ0) is 13.4. The van der Waals surface area contributed by atoms with Crippen LogP contribution < -0.4 is 5.56 Å². The molecule has 2 aromatic rings. The largest absolute Gasteiger partial charge is 0.503 e. The van der Waals surface area contributed by atoms with Crippen LogP contribution in [-0.4, -0.2) is 25.0 Å². The van der Waals surface area contributed by atoms with Gasteiger partial charge in [-0.2, -0.15) is 0 Å². The van der Waals surface area contributed by atoms with E-state index >= 15 is 0 Å². The Balaban J connectivity index is 2.89. The summed E-state index contributed by atoms with van der Waals surface area (Å²) in [5.41, 5.74) is -0.928. The molecule has 0 aliphatic carbocycles. The Hall–Kier alpha value is -2.15. The van der Waals surface area contributed by atoms with E-state index in [4.69, 9.17) is 0 Å². The highest BCUT2D eigenvalue weighted by molar-refractivity contribution is 9.10. The first-order chi connectivity index (χ1) is 8.45. The van der Waals surface area contributed by atoms with E-state index in [0.717, 1.165) is 4.57 Å². The lowest BCUT2D eigenvalue weighted by Crippen LogP contribution is -2.15. The van der Waals surface area contributed by atoms with Crippen molar-refractivity contribution in [2.24, 2.45) is 0 Å². The number of aromatic nitrogens is 1. The molecule has 6 nitrogen and oxygen atoms in total. The Morgan fingerprint density at radius 1 is 0.944 bits per heavy atom. The summed E-state index contributed by atoms with van der Waals surface area (Å²) < 4.78 is 0.640. The lowest BCUT2D eigenvalue weighted by Gasteiger charge is -2.13. The molecule has 0 fully saturated rings. The first kappa shape index (κ1) is 12.3. The minimum Gasteiger partial charge on any atom is -0.503 e. The Bertz CT molecular complexity index is 651. The molecule has 0 amide bonds. The fourth-order valence-electron chi connectivity index (χ4n) is 1.50. The van der Waals surface area contributed by atoms with Crippen LogP contribution in [0.5, 0.6) is 23.0 Å². The summed E-state index contributed by atoms with van der Waals surface area (Å²) >= 11 is 2.80. The highest BCUT2D eigenvalue weighted by Gasteiger charge is 2.23. The molecule has 1 aromatic carbocycles. The van der Waals surface area contributed by atoms with Crippen LogP contribution in [0.3, 0.4) is 0 Å². The van der Waals surface area contributed by atoms with E-state index in [1.165, 1.54) is 24.4 Å². The Morgan fingerprint density at radius 2 is 1.50 bits per heavy atom. The van der Waals surface area contributed by atoms with Gasteiger partial charge in [-0.1, -0.05) is 6.07 Å². The van der Waals surface area contributed by atoms with Gasteiger partial charge in [0, 0.05) is 12.3 Å². The predicted octanol–water partition coefficient (Wildman–Crippen LogP) is 1.42. The monoisotopic (exact) mass is 313 g/mol. The molecular formula is C11H8BrNO5. The quantitative estimate of drug-likeness (QED) is 0.471. The van der Waals surface area contributed by atoms with Gasteiger partial charge < -0.3 is 20.4 Å². The molecule has 0 saturated heterocycles. The van der Waals surface area contributed by atoms with Crippen LogP contribution in [0, 0.1) is 0 Å². The summed E-state index contributed by atoms with van der Waals surface area (Å²) in [6.45, 7) is 0. The summed E-state index contributed by atoms with van der Waals surface area (Å²) in [4.78, 5) is 11.6. The maximum absolute atomic E-state index is 11.6. The van der Waals surface area contributed by atoms with E-state index in [-0.39, 0.29) is 10.2 Å². The van der Waals surface area contributed by atoms with Gasteiger partial charge >= 0.3 is 0 Å². The first-order valence-electron chi connectivity index (χ1n) is 4.78. The molecule has 18 heavy (non-hydrogen) atoms. The number of hydrogen-bond acceptors (Lipinski definition) is 5. The van der Waals surface area contributed by atoms with Crippen LogP contribution in [-0.2, 0) is 0 Å². The highest BCUT2D eigenvalue weighted by Crippen LogP contribution is 2.50. The molecule has 0 bridgehead atoms. The van der Waals surface area contributed by atoms with Crippen LogP contribution in [0.2, 0.25) is 0 Å². The molecule has 7 heteroatoms. The number of halogens is 1. The number of benzene rings is 1. The molecule has 0 radical (unpaired) electrons. The zero-order valence-electron chi connectivity index (χ0n) is 8.83. The predicted molar refractivity (Wildman–Crippen MR) is 66.4 cm³/mol. The normalized spacial score (nSPS) is 10.5. The average molecular weight is 314 g/mol. The molecule has 1 aromatic heterocycles. The van der Waals surface area contributed by atoms with Crippen molar-refractivity contribution in [1.82, 2.24) is 4.57 Å².